The second-order valence-corrected chi connectivity index (χ2v) is 4.62. The van der Waals surface area contributed by atoms with Crippen LogP contribution in [0.1, 0.15) is 19.4 Å². The highest BCUT2D eigenvalue weighted by Crippen LogP contribution is 2.29. The summed E-state index contributed by atoms with van der Waals surface area (Å²) in [6, 6.07) is 8.08. The first-order chi connectivity index (χ1) is 7.18. The molecule has 15 heavy (non-hydrogen) atoms. The molecule has 1 aliphatic heterocycles. The topological polar surface area (TPSA) is 29.5 Å². The average Bonchev–Trinajstić information content (AvgIpc) is 2.27. The van der Waals surface area contributed by atoms with Gasteiger partial charge in [0.1, 0.15) is 5.75 Å². The maximum atomic E-state index is 10.00. The third-order valence-electron chi connectivity index (χ3n) is 3.07. The van der Waals surface area contributed by atoms with Crippen molar-refractivity contribution in [2.75, 3.05) is 6.61 Å². The van der Waals surface area contributed by atoms with Gasteiger partial charge in [0.2, 0.25) is 0 Å². The summed E-state index contributed by atoms with van der Waals surface area (Å²) in [6.45, 7) is 4.73. The van der Waals surface area contributed by atoms with E-state index in [0.717, 1.165) is 12.2 Å². The van der Waals surface area contributed by atoms with Gasteiger partial charge in [-0.2, -0.15) is 0 Å². The molecule has 0 radical (unpaired) electrons. The first kappa shape index (κ1) is 10.5. The maximum Gasteiger partial charge on any atom is 0.122 e. The number of hydrogen-bond donors (Lipinski definition) is 1. The van der Waals surface area contributed by atoms with E-state index in [0.29, 0.717) is 12.5 Å². The minimum Gasteiger partial charge on any atom is -0.493 e. The normalized spacial score (nSPS) is 22.0. The fourth-order valence-corrected chi connectivity index (χ4v) is 2.12. The molecule has 0 saturated carbocycles. The Balaban J connectivity index is 2.12. The molecule has 1 aliphatic rings. The van der Waals surface area contributed by atoms with Gasteiger partial charge in [-0.15, -0.1) is 0 Å². The molecule has 82 valence electrons. The van der Waals surface area contributed by atoms with Gasteiger partial charge in [0, 0.05) is 5.92 Å². The van der Waals surface area contributed by atoms with Crippen LogP contribution in [0.25, 0.3) is 0 Å². The molecule has 0 fully saturated rings. The SMILES string of the molecule is CC(C)C(O)C1COc2ccccc2C1. The highest BCUT2D eigenvalue weighted by atomic mass is 16.5. The van der Waals surface area contributed by atoms with Gasteiger partial charge in [0.25, 0.3) is 0 Å². The lowest BCUT2D eigenvalue weighted by atomic mass is 9.87. The number of benzene rings is 1. The van der Waals surface area contributed by atoms with E-state index >= 15 is 0 Å². The molecule has 2 unspecified atom stereocenters. The van der Waals surface area contributed by atoms with E-state index in [1.165, 1.54) is 5.56 Å². The Morgan fingerprint density at radius 1 is 1.33 bits per heavy atom. The summed E-state index contributed by atoms with van der Waals surface area (Å²) >= 11 is 0. The van der Waals surface area contributed by atoms with E-state index in [-0.39, 0.29) is 12.0 Å². The van der Waals surface area contributed by atoms with Crippen LogP contribution in [-0.4, -0.2) is 17.8 Å². The lowest BCUT2D eigenvalue weighted by molar-refractivity contribution is 0.0321. The first-order valence-corrected chi connectivity index (χ1v) is 5.57. The molecular weight excluding hydrogens is 188 g/mol. The molecule has 1 N–H and O–H groups in total. The lowest BCUT2D eigenvalue weighted by Gasteiger charge is -2.30. The number of aliphatic hydroxyl groups is 1. The Labute approximate surface area is 90.9 Å². The van der Waals surface area contributed by atoms with Gasteiger partial charge in [-0.1, -0.05) is 32.0 Å². The van der Waals surface area contributed by atoms with Gasteiger partial charge in [0.15, 0.2) is 0 Å². The summed E-state index contributed by atoms with van der Waals surface area (Å²) in [4.78, 5) is 0. The molecule has 0 aromatic heterocycles. The number of aliphatic hydroxyl groups excluding tert-OH is 1. The minimum absolute atomic E-state index is 0.236. The predicted octanol–water partition coefficient (Wildman–Crippen LogP) is 2.25. The van der Waals surface area contributed by atoms with Crippen LogP contribution in [0.15, 0.2) is 24.3 Å². The van der Waals surface area contributed by atoms with Crippen molar-refractivity contribution in [1.29, 1.82) is 0 Å². The number of ether oxygens (including phenoxy) is 1. The maximum absolute atomic E-state index is 10.00. The van der Waals surface area contributed by atoms with Crippen LogP contribution in [0.2, 0.25) is 0 Å². The second kappa shape index (κ2) is 4.23. The highest BCUT2D eigenvalue weighted by molar-refractivity contribution is 5.35. The van der Waals surface area contributed by atoms with Crippen molar-refractivity contribution in [3.63, 3.8) is 0 Å². The molecule has 0 saturated heterocycles. The van der Waals surface area contributed by atoms with Crippen LogP contribution in [0.3, 0.4) is 0 Å². The van der Waals surface area contributed by atoms with Crippen molar-refractivity contribution in [3.8, 4) is 5.75 Å². The highest BCUT2D eigenvalue weighted by Gasteiger charge is 2.27. The largest absolute Gasteiger partial charge is 0.493 e. The Hall–Kier alpha value is -1.02. The van der Waals surface area contributed by atoms with Gasteiger partial charge in [0.05, 0.1) is 12.7 Å². The fourth-order valence-electron chi connectivity index (χ4n) is 2.12. The monoisotopic (exact) mass is 206 g/mol. The van der Waals surface area contributed by atoms with Crippen LogP contribution < -0.4 is 4.74 Å². The summed E-state index contributed by atoms with van der Waals surface area (Å²) in [5, 5.41) is 10.00. The predicted molar refractivity (Wildman–Crippen MR) is 60.0 cm³/mol. The molecule has 1 heterocycles. The zero-order valence-electron chi connectivity index (χ0n) is 9.31. The summed E-state index contributed by atoms with van der Waals surface area (Å²) in [5.41, 5.74) is 1.22. The molecule has 1 aromatic rings. The van der Waals surface area contributed by atoms with E-state index in [1.54, 1.807) is 0 Å². The second-order valence-electron chi connectivity index (χ2n) is 4.62. The molecule has 0 bridgehead atoms. The Bertz CT molecular complexity index is 333. The van der Waals surface area contributed by atoms with Gasteiger partial charge in [-0.3, -0.25) is 0 Å². The van der Waals surface area contributed by atoms with E-state index < -0.39 is 0 Å². The average molecular weight is 206 g/mol. The van der Waals surface area contributed by atoms with Crippen LogP contribution in [0, 0.1) is 11.8 Å². The molecule has 2 rings (SSSR count). The molecular formula is C13H18O2. The van der Waals surface area contributed by atoms with E-state index in [2.05, 4.69) is 6.07 Å². The van der Waals surface area contributed by atoms with Crippen molar-refractivity contribution >= 4 is 0 Å². The molecule has 2 atom stereocenters. The number of rotatable bonds is 2. The molecule has 2 heteroatoms. The fraction of sp³-hybridized carbons (Fsp3) is 0.538. The third kappa shape index (κ3) is 2.15. The zero-order valence-corrected chi connectivity index (χ0v) is 9.31. The van der Waals surface area contributed by atoms with Crippen molar-refractivity contribution < 1.29 is 9.84 Å². The van der Waals surface area contributed by atoms with E-state index in [1.807, 2.05) is 32.0 Å². The van der Waals surface area contributed by atoms with Crippen LogP contribution >= 0.6 is 0 Å². The Morgan fingerprint density at radius 3 is 2.80 bits per heavy atom. The molecule has 0 amide bonds. The molecule has 0 aliphatic carbocycles. The van der Waals surface area contributed by atoms with Crippen LogP contribution in [0.5, 0.6) is 5.75 Å². The van der Waals surface area contributed by atoms with E-state index in [4.69, 9.17) is 4.74 Å². The first-order valence-electron chi connectivity index (χ1n) is 5.57. The van der Waals surface area contributed by atoms with Crippen LogP contribution in [0.4, 0.5) is 0 Å². The molecule has 2 nitrogen and oxygen atoms in total. The summed E-state index contributed by atoms with van der Waals surface area (Å²) in [5.74, 6) is 1.51. The number of para-hydroxylation sites is 1. The van der Waals surface area contributed by atoms with Crippen molar-refractivity contribution in [2.24, 2.45) is 11.8 Å². The quantitative estimate of drug-likeness (QED) is 0.804. The molecule has 0 spiro atoms. The zero-order chi connectivity index (χ0) is 10.8. The van der Waals surface area contributed by atoms with E-state index in [9.17, 15) is 5.11 Å². The van der Waals surface area contributed by atoms with Gasteiger partial charge in [-0.25, -0.2) is 0 Å². The Morgan fingerprint density at radius 2 is 2.07 bits per heavy atom. The number of hydrogen-bond acceptors (Lipinski definition) is 2. The van der Waals surface area contributed by atoms with Gasteiger partial charge >= 0.3 is 0 Å². The van der Waals surface area contributed by atoms with Gasteiger partial charge in [-0.05, 0) is 24.0 Å². The molecule has 1 aromatic carbocycles. The smallest absolute Gasteiger partial charge is 0.122 e. The standard InChI is InChI=1S/C13H18O2/c1-9(2)13(14)11-7-10-5-3-4-6-12(10)15-8-11/h3-6,9,11,13-14H,7-8H2,1-2H3. The van der Waals surface area contributed by atoms with Crippen molar-refractivity contribution in [1.82, 2.24) is 0 Å². The van der Waals surface area contributed by atoms with Crippen molar-refractivity contribution in [2.45, 2.75) is 26.4 Å². The van der Waals surface area contributed by atoms with Gasteiger partial charge < -0.3 is 9.84 Å². The minimum atomic E-state index is -0.265. The lowest BCUT2D eigenvalue weighted by Crippen LogP contribution is -2.34. The number of fused-ring (bicyclic) bond motifs is 1. The third-order valence-corrected chi connectivity index (χ3v) is 3.07. The summed E-state index contributed by atoms with van der Waals surface area (Å²) in [7, 11) is 0. The van der Waals surface area contributed by atoms with Crippen LogP contribution in [-0.2, 0) is 6.42 Å². The van der Waals surface area contributed by atoms with Crippen molar-refractivity contribution in [3.05, 3.63) is 29.8 Å². The summed E-state index contributed by atoms with van der Waals surface area (Å²) < 4.78 is 5.65. The summed E-state index contributed by atoms with van der Waals surface area (Å²) in [6.07, 6.45) is 0.661. The Kier molecular flexibility index (Phi) is 2.96.